The third kappa shape index (κ3) is 4.74. The largest absolute Gasteiger partial charge is 0.390 e. The summed E-state index contributed by atoms with van der Waals surface area (Å²) in [4.78, 5) is 11.8. The van der Waals surface area contributed by atoms with Crippen LogP contribution in [0.4, 0.5) is 8.78 Å². The molecule has 1 aliphatic rings. The van der Waals surface area contributed by atoms with Crippen LogP contribution < -0.4 is 10.6 Å². The van der Waals surface area contributed by atoms with E-state index in [-0.39, 0.29) is 18.9 Å². The van der Waals surface area contributed by atoms with Crippen molar-refractivity contribution >= 4 is 5.91 Å². The van der Waals surface area contributed by atoms with Crippen molar-refractivity contribution in [3.63, 3.8) is 0 Å². The van der Waals surface area contributed by atoms with Crippen LogP contribution in [0.15, 0.2) is 60.7 Å². The molecule has 4 nitrogen and oxygen atoms in total. The Morgan fingerprint density at radius 3 is 2.32 bits per heavy atom. The van der Waals surface area contributed by atoms with Crippen LogP contribution in [-0.2, 0) is 23.2 Å². The fraction of sp³-hybridized carbons (Fsp3) is 0.321. The Morgan fingerprint density at radius 1 is 0.971 bits per heavy atom. The minimum atomic E-state index is -0.988. The first-order chi connectivity index (χ1) is 16.2. The monoisotopic (exact) mass is 464 g/mol. The predicted molar refractivity (Wildman–Crippen MR) is 129 cm³/mol. The molecule has 3 atom stereocenters. The van der Waals surface area contributed by atoms with E-state index >= 15 is 0 Å². The molecule has 3 N–H and O–H groups in total. The zero-order valence-electron chi connectivity index (χ0n) is 19.7. The average molecular weight is 465 g/mol. The van der Waals surface area contributed by atoms with Crippen LogP contribution >= 0.6 is 0 Å². The molecule has 0 fully saturated rings. The molecule has 178 valence electrons. The highest BCUT2D eigenvalue weighted by Crippen LogP contribution is 2.47. The van der Waals surface area contributed by atoms with Gasteiger partial charge in [0.15, 0.2) is 0 Å². The van der Waals surface area contributed by atoms with E-state index in [1.807, 2.05) is 12.1 Å². The Bertz CT molecular complexity index is 1190. The minimum Gasteiger partial charge on any atom is -0.390 e. The second kappa shape index (κ2) is 9.65. The van der Waals surface area contributed by atoms with Crippen molar-refractivity contribution in [2.75, 3.05) is 6.54 Å². The maximum Gasteiger partial charge on any atom is 0.217 e. The van der Waals surface area contributed by atoms with Crippen LogP contribution in [0.1, 0.15) is 43.0 Å². The molecule has 0 heterocycles. The second-order valence-corrected chi connectivity index (χ2v) is 9.14. The normalized spacial score (nSPS) is 18.2. The third-order valence-electron chi connectivity index (χ3n) is 6.68. The van der Waals surface area contributed by atoms with Gasteiger partial charge in [0.2, 0.25) is 5.91 Å². The van der Waals surface area contributed by atoms with Crippen molar-refractivity contribution in [1.29, 1.82) is 0 Å². The lowest BCUT2D eigenvalue weighted by Crippen LogP contribution is -2.51. The van der Waals surface area contributed by atoms with Gasteiger partial charge in [0.1, 0.15) is 11.6 Å². The predicted octanol–water partition coefficient (Wildman–Crippen LogP) is 4.47. The highest BCUT2D eigenvalue weighted by atomic mass is 19.1. The zero-order chi connectivity index (χ0) is 24.5. The summed E-state index contributed by atoms with van der Waals surface area (Å²) in [5.74, 6) is -1.71. The number of hydrogen-bond donors (Lipinski definition) is 3. The number of hydrogen-bond acceptors (Lipinski definition) is 3. The van der Waals surface area contributed by atoms with Gasteiger partial charge in [-0.3, -0.25) is 4.79 Å². The summed E-state index contributed by atoms with van der Waals surface area (Å²) in [7, 11) is 0. The van der Waals surface area contributed by atoms with Crippen molar-refractivity contribution in [3.05, 3.63) is 94.6 Å². The first-order valence-electron chi connectivity index (χ1n) is 11.6. The molecule has 1 unspecified atom stereocenters. The van der Waals surface area contributed by atoms with Crippen LogP contribution in [0.2, 0.25) is 0 Å². The summed E-state index contributed by atoms with van der Waals surface area (Å²) in [6, 6.07) is 17.2. The lowest BCUT2D eigenvalue weighted by atomic mass is 9.88. The number of rotatable bonds is 8. The van der Waals surface area contributed by atoms with E-state index in [0.717, 1.165) is 34.7 Å². The Morgan fingerprint density at radius 2 is 1.65 bits per heavy atom. The Balaban J connectivity index is 1.60. The number of aliphatic hydroxyl groups excluding tert-OH is 1. The van der Waals surface area contributed by atoms with Gasteiger partial charge in [0, 0.05) is 19.5 Å². The Labute approximate surface area is 199 Å². The van der Waals surface area contributed by atoms with Gasteiger partial charge < -0.3 is 15.7 Å². The number of aryl methyl sites for hydroxylation is 1. The first-order valence-corrected chi connectivity index (χ1v) is 11.6. The highest BCUT2D eigenvalue weighted by molar-refractivity contribution is 5.81. The Kier molecular flexibility index (Phi) is 6.82. The summed E-state index contributed by atoms with van der Waals surface area (Å²) in [6.07, 6.45) is 0.0237. The average Bonchev–Trinajstić information content (AvgIpc) is 3.04. The van der Waals surface area contributed by atoms with Crippen molar-refractivity contribution in [2.24, 2.45) is 0 Å². The third-order valence-corrected chi connectivity index (χ3v) is 6.68. The second-order valence-electron chi connectivity index (χ2n) is 9.14. The fourth-order valence-electron chi connectivity index (χ4n) is 4.93. The lowest BCUT2D eigenvalue weighted by Gasteiger charge is -2.32. The standard InChI is InChI=1S/C28H30F2N2O2/c1-4-18-9-10-23-22-7-5-6-8-24(22)28(3,25(23)13-18)31-16-27(34)26(32-17(2)33)14-19-11-20(29)15-21(30)12-19/h5-13,15,26-27,31,34H,4,14,16H2,1-3H3,(H,32,33)/t26-,27-,28?/m0/s1. The first kappa shape index (κ1) is 24.0. The van der Waals surface area contributed by atoms with Gasteiger partial charge in [-0.25, -0.2) is 8.78 Å². The van der Waals surface area contributed by atoms with Gasteiger partial charge in [0.25, 0.3) is 0 Å². The van der Waals surface area contributed by atoms with Crippen LogP contribution in [0.5, 0.6) is 0 Å². The maximum atomic E-state index is 13.7. The van der Waals surface area contributed by atoms with Crippen LogP contribution in [-0.4, -0.2) is 29.7 Å². The van der Waals surface area contributed by atoms with Crippen LogP contribution in [0.25, 0.3) is 11.1 Å². The number of nitrogens with one attached hydrogen (secondary N) is 2. The smallest absolute Gasteiger partial charge is 0.217 e. The number of carbonyl (C=O) groups is 1. The van der Waals surface area contributed by atoms with Gasteiger partial charge in [-0.1, -0.05) is 49.4 Å². The molecule has 6 heteroatoms. The van der Waals surface area contributed by atoms with Gasteiger partial charge in [0.05, 0.1) is 17.7 Å². The number of benzene rings is 3. The van der Waals surface area contributed by atoms with Gasteiger partial charge in [-0.15, -0.1) is 0 Å². The van der Waals surface area contributed by atoms with E-state index in [9.17, 15) is 18.7 Å². The summed E-state index contributed by atoms with van der Waals surface area (Å²) < 4.78 is 27.4. The molecule has 0 aromatic heterocycles. The molecule has 1 aliphatic carbocycles. The number of amides is 1. The molecular weight excluding hydrogens is 434 g/mol. The minimum absolute atomic E-state index is 0.0982. The van der Waals surface area contributed by atoms with E-state index in [0.29, 0.717) is 5.56 Å². The van der Waals surface area contributed by atoms with E-state index in [2.05, 4.69) is 54.8 Å². The molecule has 0 saturated heterocycles. The molecule has 0 aliphatic heterocycles. The van der Waals surface area contributed by atoms with E-state index in [1.54, 1.807) is 0 Å². The van der Waals surface area contributed by atoms with Crippen LogP contribution in [0, 0.1) is 11.6 Å². The lowest BCUT2D eigenvalue weighted by molar-refractivity contribution is -0.120. The summed E-state index contributed by atoms with van der Waals surface area (Å²) in [5, 5.41) is 17.3. The molecule has 0 radical (unpaired) electrons. The molecule has 4 rings (SSSR count). The van der Waals surface area contributed by atoms with E-state index < -0.39 is 29.3 Å². The molecule has 0 saturated carbocycles. The number of carbonyl (C=O) groups excluding carboxylic acids is 1. The molecule has 34 heavy (non-hydrogen) atoms. The summed E-state index contributed by atoms with van der Waals surface area (Å²) in [6.45, 7) is 5.74. The number of fused-ring (bicyclic) bond motifs is 3. The van der Waals surface area contributed by atoms with Crippen molar-refractivity contribution < 1.29 is 18.7 Å². The molecular formula is C28H30F2N2O2. The topological polar surface area (TPSA) is 61.4 Å². The van der Waals surface area contributed by atoms with Gasteiger partial charge >= 0.3 is 0 Å². The maximum absolute atomic E-state index is 13.7. The van der Waals surface area contributed by atoms with E-state index in [1.165, 1.54) is 24.6 Å². The number of halogens is 2. The molecule has 0 spiro atoms. The Hall–Kier alpha value is -3.09. The summed E-state index contributed by atoms with van der Waals surface area (Å²) >= 11 is 0. The van der Waals surface area contributed by atoms with Gasteiger partial charge in [-0.2, -0.15) is 0 Å². The van der Waals surface area contributed by atoms with Crippen molar-refractivity contribution in [2.45, 2.75) is 51.3 Å². The summed E-state index contributed by atoms with van der Waals surface area (Å²) in [5.41, 5.74) is 5.63. The van der Waals surface area contributed by atoms with Crippen molar-refractivity contribution in [3.8, 4) is 11.1 Å². The van der Waals surface area contributed by atoms with Crippen LogP contribution in [0.3, 0.4) is 0 Å². The molecule has 0 bridgehead atoms. The zero-order valence-corrected chi connectivity index (χ0v) is 19.7. The SMILES string of the molecule is CCc1ccc2c(c1)C(C)(NC[C@H](O)[C@H](Cc1cc(F)cc(F)c1)NC(C)=O)c1ccccc1-2. The van der Waals surface area contributed by atoms with E-state index in [4.69, 9.17) is 0 Å². The molecule has 1 amide bonds. The highest BCUT2D eigenvalue weighted by Gasteiger charge is 2.39. The molecule has 3 aromatic rings. The van der Waals surface area contributed by atoms with Crippen molar-refractivity contribution in [1.82, 2.24) is 10.6 Å². The fourth-order valence-corrected chi connectivity index (χ4v) is 4.93. The molecule has 3 aromatic carbocycles. The van der Waals surface area contributed by atoms with Gasteiger partial charge in [-0.05, 0) is 65.3 Å². The number of aliphatic hydroxyl groups is 1. The quantitative estimate of drug-likeness (QED) is 0.461.